The number of aliphatic imine (C=N–C) groups is 1. The number of anilines is 1. The van der Waals surface area contributed by atoms with Gasteiger partial charge in [0, 0.05) is 31.7 Å². The van der Waals surface area contributed by atoms with Crippen molar-refractivity contribution in [3.05, 3.63) is 29.6 Å². The number of nitrogens with zero attached hydrogens (tertiary/aromatic N) is 2. The lowest BCUT2D eigenvalue weighted by Gasteiger charge is -2.24. The van der Waals surface area contributed by atoms with Crippen LogP contribution in [-0.4, -0.2) is 55.0 Å². The van der Waals surface area contributed by atoms with Crippen LogP contribution < -0.4 is 16.0 Å². The van der Waals surface area contributed by atoms with E-state index in [1.165, 1.54) is 25.7 Å². The Kier molecular flexibility index (Phi) is 9.66. The van der Waals surface area contributed by atoms with Gasteiger partial charge in [-0.05, 0) is 38.3 Å². The zero-order chi connectivity index (χ0) is 20.8. The number of rotatable bonds is 6. The number of likely N-dealkylation sites (tertiary alicyclic amines) is 1. The highest BCUT2D eigenvalue weighted by Crippen LogP contribution is 2.26. The molecule has 0 bridgehead atoms. The van der Waals surface area contributed by atoms with Gasteiger partial charge in [0.05, 0.1) is 5.69 Å². The predicted octanol–water partition coefficient (Wildman–Crippen LogP) is 3.23. The summed E-state index contributed by atoms with van der Waals surface area (Å²) in [6, 6.07) is 2.67. The molecule has 6 nitrogen and oxygen atoms in total. The van der Waals surface area contributed by atoms with Crippen molar-refractivity contribution in [2.75, 3.05) is 31.5 Å². The van der Waals surface area contributed by atoms with Gasteiger partial charge in [-0.3, -0.25) is 9.69 Å². The van der Waals surface area contributed by atoms with Crippen LogP contribution in [0.3, 0.4) is 0 Å². The summed E-state index contributed by atoms with van der Waals surface area (Å²) in [5, 5.41) is 8.67. The molecule has 1 aromatic carbocycles. The summed E-state index contributed by atoms with van der Waals surface area (Å²) in [5.41, 5.74) is -0.412. The highest BCUT2D eigenvalue weighted by atomic mass is 127. The summed E-state index contributed by atoms with van der Waals surface area (Å²) in [4.78, 5) is 18.8. The first-order valence-electron chi connectivity index (χ1n) is 10.2. The first-order valence-corrected chi connectivity index (χ1v) is 10.2. The van der Waals surface area contributed by atoms with Gasteiger partial charge in [-0.15, -0.1) is 24.0 Å². The van der Waals surface area contributed by atoms with Crippen LogP contribution in [0.5, 0.6) is 0 Å². The molecule has 1 saturated carbocycles. The van der Waals surface area contributed by atoms with E-state index in [0.717, 1.165) is 31.6 Å². The third-order valence-electron chi connectivity index (χ3n) is 5.44. The number of hydrogen-bond donors (Lipinski definition) is 3. The van der Waals surface area contributed by atoms with Crippen molar-refractivity contribution < 1.29 is 18.0 Å². The van der Waals surface area contributed by atoms with Gasteiger partial charge in [-0.2, -0.15) is 0 Å². The summed E-state index contributed by atoms with van der Waals surface area (Å²) in [6.07, 6.45) is 6.14. The van der Waals surface area contributed by atoms with Gasteiger partial charge in [0.15, 0.2) is 23.4 Å². The number of carbonyl (C=O) groups excluding carboxylic acids is 1. The average molecular weight is 539 g/mol. The Labute approximate surface area is 192 Å². The maximum absolute atomic E-state index is 13.7. The maximum Gasteiger partial charge on any atom is 0.246 e. The molecule has 1 amide bonds. The molecule has 1 atom stereocenters. The molecule has 0 aromatic heterocycles. The monoisotopic (exact) mass is 539 g/mol. The number of amides is 1. The van der Waals surface area contributed by atoms with Crippen molar-refractivity contribution in [2.45, 2.75) is 51.1 Å². The van der Waals surface area contributed by atoms with Crippen LogP contribution in [0.2, 0.25) is 0 Å². The third-order valence-corrected chi connectivity index (χ3v) is 5.44. The molecule has 3 rings (SSSR count). The van der Waals surface area contributed by atoms with Gasteiger partial charge < -0.3 is 16.0 Å². The van der Waals surface area contributed by atoms with E-state index >= 15 is 0 Å². The van der Waals surface area contributed by atoms with Crippen LogP contribution in [0.1, 0.15) is 39.0 Å². The lowest BCUT2D eigenvalue weighted by atomic mass is 10.2. The fraction of sp³-hybridized carbons (Fsp3) is 0.600. The third kappa shape index (κ3) is 6.47. The SMILES string of the molecule is CCNC(=NCC(=O)Nc1ccc(F)c(F)c1F)NC1CCN(C2CCCC2)C1.I. The predicted molar refractivity (Wildman–Crippen MR) is 122 cm³/mol. The van der Waals surface area contributed by atoms with Gasteiger partial charge in [-0.25, -0.2) is 18.2 Å². The second kappa shape index (κ2) is 11.7. The van der Waals surface area contributed by atoms with E-state index in [0.29, 0.717) is 18.5 Å². The molecule has 10 heteroatoms. The van der Waals surface area contributed by atoms with Crippen molar-refractivity contribution >= 4 is 41.5 Å². The van der Waals surface area contributed by atoms with Gasteiger partial charge in [-0.1, -0.05) is 12.8 Å². The van der Waals surface area contributed by atoms with E-state index in [4.69, 9.17) is 0 Å². The minimum absolute atomic E-state index is 0. The lowest BCUT2D eigenvalue weighted by molar-refractivity contribution is -0.114. The number of nitrogens with one attached hydrogen (secondary N) is 3. The number of hydrogen-bond acceptors (Lipinski definition) is 3. The molecular weight excluding hydrogens is 510 g/mol. The number of halogens is 4. The normalized spacial score (nSPS) is 20.1. The summed E-state index contributed by atoms with van der Waals surface area (Å²) in [7, 11) is 0. The Hall–Kier alpha value is -1.56. The molecule has 0 radical (unpaired) electrons. The van der Waals surface area contributed by atoms with E-state index in [2.05, 4.69) is 25.8 Å². The van der Waals surface area contributed by atoms with E-state index in [-0.39, 0.29) is 36.6 Å². The van der Waals surface area contributed by atoms with Crippen LogP contribution in [0.4, 0.5) is 18.9 Å². The molecule has 1 heterocycles. The molecule has 1 aromatic rings. The van der Waals surface area contributed by atoms with Crippen molar-refractivity contribution in [1.82, 2.24) is 15.5 Å². The Balaban J connectivity index is 0.00000320. The fourth-order valence-corrected chi connectivity index (χ4v) is 3.98. The van der Waals surface area contributed by atoms with Gasteiger partial charge in [0.25, 0.3) is 0 Å². The smallest absolute Gasteiger partial charge is 0.246 e. The van der Waals surface area contributed by atoms with Crippen molar-refractivity contribution in [3.8, 4) is 0 Å². The summed E-state index contributed by atoms with van der Waals surface area (Å²) in [5.74, 6) is -4.46. The van der Waals surface area contributed by atoms with E-state index in [9.17, 15) is 18.0 Å². The number of benzene rings is 1. The quantitative estimate of drug-likeness (QED) is 0.225. The summed E-state index contributed by atoms with van der Waals surface area (Å²) < 4.78 is 39.9. The second-order valence-corrected chi connectivity index (χ2v) is 7.53. The summed E-state index contributed by atoms with van der Waals surface area (Å²) in [6.45, 7) is 4.28. The minimum Gasteiger partial charge on any atom is -0.357 e. The molecule has 168 valence electrons. The molecular formula is C20H29F3IN5O. The zero-order valence-corrected chi connectivity index (χ0v) is 19.3. The van der Waals surface area contributed by atoms with Crippen molar-refractivity contribution in [3.63, 3.8) is 0 Å². The minimum atomic E-state index is -1.62. The number of guanidine groups is 1. The molecule has 2 fully saturated rings. The average Bonchev–Trinajstić information content (AvgIpc) is 3.38. The largest absolute Gasteiger partial charge is 0.357 e. The van der Waals surface area contributed by atoms with Crippen LogP contribution in [0, 0.1) is 17.5 Å². The first kappa shape index (κ1) is 24.7. The van der Waals surface area contributed by atoms with E-state index in [1.807, 2.05) is 6.92 Å². The molecule has 1 aliphatic heterocycles. The van der Waals surface area contributed by atoms with Crippen LogP contribution in [-0.2, 0) is 4.79 Å². The van der Waals surface area contributed by atoms with Crippen molar-refractivity contribution in [2.24, 2.45) is 4.99 Å². The standard InChI is InChI=1S/C20H28F3N5O.HI/c1-2-24-20(26-13-9-10-28(12-13)14-5-3-4-6-14)25-11-17(29)27-16-8-7-15(21)18(22)19(16)23;/h7-8,13-14H,2-6,9-12H2,1H3,(H,27,29)(H2,24,25,26);1H. The lowest BCUT2D eigenvalue weighted by Crippen LogP contribution is -2.45. The molecule has 1 saturated heterocycles. The summed E-state index contributed by atoms with van der Waals surface area (Å²) >= 11 is 0. The van der Waals surface area contributed by atoms with E-state index in [1.54, 1.807) is 0 Å². The Bertz CT molecular complexity index is 758. The molecule has 2 aliphatic rings. The molecule has 1 aliphatic carbocycles. The molecule has 0 spiro atoms. The van der Waals surface area contributed by atoms with Crippen LogP contribution in [0.15, 0.2) is 17.1 Å². The Morgan fingerprint density at radius 1 is 1.17 bits per heavy atom. The van der Waals surface area contributed by atoms with Gasteiger partial charge >= 0.3 is 0 Å². The van der Waals surface area contributed by atoms with Gasteiger partial charge in [0.2, 0.25) is 5.91 Å². The molecule has 3 N–H and O–H groups in total. The van der Waals surface area contributed by atoms with Crippen molar-refractivity contribution in [1.29, 1.82) is 0 Å². The molecule has 30 heavy (non-hydrogen) atoms. The first-order chi connectivity index (χ1) is 14.0. The maximum atomic E-state index is 13.7. The Morgan fingerprint density at radius 3 is 2.60 bits per heavy atom. The fourth-order valence-electron chi connectivity index (χ4n) is 3.98. The molecule has 1 unspecified atom stereocenters. The second-order valence-electron chi connectivity index (χ2n) is 7.53. The zero-order valence-electron chi connectivity index (χ0n) is 17.0. The van der Waals surface area contributed by atoms with Gasteiger partial charge in [0.1, 0.15) is 6.54 Å². The van der Waals surface area contributed by atoms with Crippen LogP contribution >= 0.6 is 24.0 Å². The highest BCUT2D eigenvalue weighted by Gasteiger charge is 2.30. The number of carbonyl (C=O) groups is 1. The Morgan fingerprint density at radius 2 is 1.90 bits per heavy atom. The highest BCUT2D eigenvalue weighted by molar-refractivity contribution is 14.0. The van der Waals surface area contributed by atoms with Crippen LogP contribution in [0.25, 0.3) is 0 Å². The van der Waals surface area contributed by atoms with E-state index < -0.39 is 29.0 Å². The topological polar surface area (TPSA) is 68.8 Å².